The molecule has 0 spiro atoms. The first-order valence-corrected chi connectivity index (χ1v) is 9.82. The van der Waals surface area contributed by atoms with Gasteiger partial charge in [0.05, 0.1) is 11.1 Å². The van der Waals surface area contributed by atoms with Gasteiger partial charge in [-0.25, -0.2) is 9.97 Å². The van der Waals surface area contributed by atoms with E-state index in [0.717, 1.165) is 36.8 Å². The van der Waals surface area contributed by atoms with Crippen LogP contribution in [0.3, 0.4) is 0 Å². The Labute approximate surface area is 157 Å². The zero-order valence-electron chi connectivity index (χ0n) is 14.7. The van der Waals surface area contributed by atoms with Gasteiger partial charge in [0.2, 0.25) is 0 Å². The number of piperidine rings is 1. The fourth-order valence-corrected chi connectivity index (χ4v) is 3.69. The highest BCUT2D eigenvalue weighted by atomic mass is 32.2. The smallest absolute Gasteiger partial charge is 0.254 e. The molecule has 0 aliphatic carbocycles. The Bertz CT molecular complexity index is 812. The summed E-state index contributed by atoms with van der Waals surface area (Å²) in [6.45, 7) is 2.34. The third kappa shape index (κ3) is 4.14. The largest absolute Gasteiger partial charge is 0.356 e. The number of nitrogens with zero attached hydrogens (tertiary/aromatic N) is 4. The van der Waals surface area contributed by atoms with Gasteiger partial charge in [0, 0.05) is 32.0 Å². The van der Waals surface area contributed by atoms with Crippen LogP contribution in [0.5, 0.6) is 0 Å². The quantitative estimate of drug-likeness (QED) is 0.818. The highest BCUT2D eigenvalue weighted by Crippen LogP contribution is 2.24. The second-order valence-corrected chi connectivity index (χ2v) is 6.98. The lowest BCUT2D eigenvalue weighted by atomic mass is 9.96. The van der Waals surface area contributed by atoms with E-state index in [0.29, 0.717) is 23.6 Å². The van der Waals surface area contributed by atoms with Crippen LogP contribution >= 0.6 is 11.8 Å². The van der Waals surface area contributed by atoms with E-state index in [1.807, 2.05) is 6.26 Å². The molecule has 0 atom stereocenters. The predicted molar refractivity (Wildman–Crippen MR) is 102 cm³/mol. The summed E-state index contributed by atoms with van der Waals surface area (Å²) in [7, 11) is 0. The Morgan fingerprint density at radius 1 is 1.31 bits per heavy atom. The van der Waals surface area contributed by atoms with Gasteiger partial charge in [-0.2, -0.15) is 5.26 Å². The van der Waals surface area contributed by atoms with E-state index < -0.39 is 0 Å². The molecule has 1 N–H and O–H groups in total. The molecule has 0 aromatic carbocycles. The number of anilines is 1. The monoisotopic (exact) mass is 367 g/mol. The van der Waals surface area contributed by atoms with Gasteiger partial charge in [-0.3, -0.25) is 4.79 Å². The molecule has 1 aliphatic rings. The van der Waals surface area contributed by atoms with Crippen LogP contribution in [0.2, 0.25) is 0 Å². The Kier molecular flexibility index (Phi) is 6.08. The summed E-state index contributed by atoms with van der Waals surface area (Å²) in [5, 5.41) is 13.0. The van der Waals surface area contributed by atoms with Crippen molar-refractivity contribution in [3.05, 3.63) is 47.8 Å². The lowest BCUT2D eigenvalue weighted by Gasteiger charge is -2.33. The second kappa shape index (κ2) is 8.68. The van der Waals surface area contributed by atoms with Crippen molar-refractivity contribution >= 4 is 23.5 Å². The van der Waals surface area contributed by atoms with Crippen molar-refractivity contribution in [1.29, 1.82) is 5.26 Å². The molecule has 2 aromatic heterocycles. The van der Waals surface area contributed by atoms with E-state index in [9.17, 15) is 10.1 Å². The van der Waals surface area contributed by atoms with Gasteiger partial charge >= 0.3 is 0 Å². The molecular formula is C19H21N5OS. The van der Waals surface area contributed by atoms with Crippen LogP contribution in [-0.4, -0.2) is 41.8 Å². The maximum atomic E-state index is 12.4. The van der Waals surface area contributed by atoms with Gasteiger partial charge in [0.1, 0.15) is 16.9 Å². The number of thioether (sulfide) groups is 1. The van der Waals surface area contributed by atoms with Crippen LogP contribution in [0.1, 0.15) is 28.8 Å². The molecule has 26 heavy (non-hydrogen) atoms. The number of aromatic nitrogens is 2. The SMILES string of the molecule is CSc1ncccc1C(=O)NCC1CCN(c2ncccc2C#N)CC1. The van der Waals surface area contributed by atoms with E-state index in [1.165, 1.54) is 11.8 Å². The number of pyridine rings is 2. The number of amides is 1. The van der Waals surface area contributed by atoms with E-state index in [2.05, 4.69) is 26.3 Å². The van der Waals surface area contributed by atoms with Crippen LogP contribution < -0.4 is 10.2 Å². The third-order valence-electron chi connectivity index (χ3n) is 4.58. The number of hydrogen-bond acceptors (Lipinski definition) is 6. The zero-order valence-corrected chi connectivity index (χ0v) is 15.5. The third-order valence-corrected chi connectivity index (χ3v) is 5.29. The molecule has 1 aliphatic heterocycles. The average molecular weight is 367 g/mol. The summed E-state index contributed by atoms with van der Waals surface area (Å²) in [5.74, 6) is 1.12. The van der Waals surface area contributed by atoms with E-state index in [4.69, 9.17) is 0 Å². The summed E-state index contributed by atoms with van der Waals surface area (Å²) in [6, 6.07) is 9.38. The Balaban J connectivity index is 1.53. The molecule has 1 amide bonds. The van der Waals surface area contributed by atoms with Crippen LogP contribution in [0.4, 0.5) is 5.82 Å². The highest BCUT2D eigenvalue weighted by molar-refractivity contribution is 7.98. The Morgan fingerprint density at radius 3 is 2.77 bits per heavy atom. The van der Waals surface area contributed by atoms with Crippen molar-refractivity contribution < 1.29 is 4.79 Å². The van der Waals surface area contributed by atoms with E-state index >= 15 is 0 Å². The van der Waals surface area contributed by atoms with Gasteiger partial charge in [0.25, 0.3) is 5.91 Å². The first kappa shape index (κ1) is 18.2. The Morgan fingerprint density at radius 2 is 2.04 bits per heavy atom. The van der Waals surface area contributed by atoms with Crippen molar-refractivity contribution in [3.8, 4) is 6.07 Å². The van der Waals surface area contributed by atoms with Crippen molar-refractivity contribution in [1.82, 2.24) is 15.3 Å². The maximum Gasteiger partial charge on any atom is 0.254 e. The van der Waals surface area contributed by atoms with E-state index in [1.54, 1.807) is 36.7 Å². The molecule has 7 heteroatoms. The first-order valence-electron chi connectivity index (χ1n) is 8.60. The summed E-state index contributed by atoms with van der Waals surface area (Å²) >= 11 is 1.47. The molecule has 1 saturated heterocycles. The van der Waals surface area contributed by atoms with Gasteiger partial charge in [-0.15, -0.1) is 11.8 Å². The van der Waals surface area contributed by atoms with Gasteiger partial charge in [0.15, 0.2) is 0 Å². The minimum Gasteiger partial charge on any atom is -0.356 e. The lowest BCUT2D eigenvalue weighted by molar-refractivity contribution is 0.0941. The normalized spacial score (nSPS) is 14.7. The minimum atomic E-state index is -0.0682. The highest BCUT2D eigenvalue weighted by Gasteiger charge is 2.22. The molecule has 6 nitrogen and oxygen atoms in total. The van der Waals surface area contributed by atoms with Crippen LogP contribution in [0, 0.1) is 17.2 Å². The molecule has 0 radical (unpaired) electrons. The summed E-state index contributed by atoms with van der Waals surface area (Å²) in [4.78, 5) is 23.2. The topological polar surface area (TPSA) is 81.9 Å². The molecule has 2 aromatic rings. The fourth-order valence-electron chi connectivity index (χ4n) is 3.14. The van der Waals surface area contributed by atoms with Crippen molar-refractivity contribution in [3.63, 3.8) is 0 Å². The number of nitriles is 1. The van der Waals surface area contributed by atoms with Crippen LogP contribution in [0.15, 0.2) is 41.7 Å². The summed E-state index contributed by atoms with van der Waals surface area (Å²) in [5.41, 5.74) is 1.24. The molecule has 0 bridgehead atoms. The number of carbonyl (C=O) groups excluding carboxylic acids is 1. The lowest BCUT2D eigenvalue weighted by Crippen LogP contribution is -2.39. The summed E-state index contributed by atoms with van der Waals surface area (Å²) in [6.07, 6.45) is 7.27. The molecule has 3 rings (SSSR count). The molecular weight excluding hydrogens is 346 g/mol. The van der Waals surface area contributed by atoms with Crippen LogP contribution in [-0.2, 0) is 0 Å². The molecule has 0 saturated carbocycles. The van der Waals surface area contributed by atoms with Gasteiger partial charge in [-0.05, 0) is 49.3 Å². The molecule has 3 heterocycles. The zero-order chi connectivity index (χ0) is 18.4. The number of hydrogen-bond donors (Lipinski definition) is 1. The molecule has 1 fully saturated rings. The fraction of sp³-hybridized carbons (Fsp3) is 0.368. The van der Waals surface area contributed by atoms with Gasteiger partial charge in [-0.1, -0.05) is 0 Å². The Hall–Kier alpha value is -2.59. The van der Waals surface area contributed by atoms with Crippen molar-refractivity contribution in [2.75, 3.05) is 30.8 Å². The van der Waals surface area contributed by atoms with Crippen molar-refractivity contribution in [2.24, 2.45) is 5.92 Å². The standard InChI is InChI=1S/C19H21N5OS/c1-26-19-16(5-3-9-22-19)18(25)23-13-14-6-10-24(11-7-14)17-15(12-20)4-2-8-21-17/h2-5,8-9,14H,6-7,10-11,13H2,1H3,(H,23,25). The molecule has 0 unspecified atom stereocenters. The average Bonchev–Trinajstić information content (AvgIpc) is 2.72. The number of carbonyl (C=O) groups is 1. The molecule has 134 valence electrons. The predicted octanol–water partition coefficient (Wildman–Crippen LogP) is 2.72. The first-order chi connectivity index (χ1) is 12.7. The maximum absolute atomic E-state index is 12.4. The number of rotatable bonds is 5. The minimum absolute atomic E-state index is 0.0682. The van der Waals surface area contributed by atoms with Gasteiger partial charge < -0.3 is 10.2 Å². The van der Waals surface area contributed by atoms with E-state index in [-0.39, 0.29) is 5.91 Å². The van der Waals surface area contributed by atoms with Crippen LogP contribution in [0.25, 0.3) is 0 Å². The van der Waals surface area contributed by atoms with Crippen molar-refractivity contribution in [2.45, 2.75) is 17.9 Å². The summed E-state index contributed by atoms with van der Waals surface area (Å²) < 4.78 is 0. The second-order valence-electron chi connectivity index (χ2n) is 6.19. The number of nitrogens with one attached hydrogen (secondary N) is 1.